The van der Waals surface area contributed by atoms with E-state index in [0.717, 1.165) is 6.07 Å². The highest BCUT2D eigenvalue weighted by atomic mass is 79.9. The molecule has 0 aliphatic carbocycles. The minimum Gasteiger partial charge on any atom is -0.366 e. The highest BCUT2D eigenvalue weighted by Crippen LogP contribution is 2.35. The van der Waals surface area contributed by atoms with E-state index >= 15 is 0 Å². The molecular weight excluding hydrogens is 308 g/mol. The topological polar surface area (TPSA) is 24.9 Å². The van der Waals surface area contributed by atoms with Gasteiger partial charge >= 0.3 is 6.18 Å². The van der Waals surface area contributed by atoms with Crippen molar-refractivity contribution in [2.75, 3.05) is 11.2 Å². The summed E-state index contributed by atoms with van der Waals surface area (Å²) < 4.78 is 38.2. The Bertz CT molecular complexity index is 370. The summed E-state index contributed by atoms with van der Waals surface area (Å²) in [4.78, 5) is 3.70. The molecule has 1 aromatic heterocycles. The SMILES string of the molecule is CC(CCl)Nc1ncc(Br)cc1C(F)(F)F. The van der Waals surface area contributed by atoms with Crippen molar-refractivity contribution >= 4 is 33.3 Å². The molecule has 2 nitrogen and oxygen atoms in total. The molecule has 1 atom stereocenters. The van der Waals surface area contributed by atoms with Crippen molar-refractivity contribution in [3.63, 3.8) is 0 Å². The van der Waals surface area contributed by atoms with E-state index in [1.54, 1.807) is 6.92 Å². The van der Waals surface area contributed by atoms with Crippen molar-refractivity contribution in [2.24, 2.45) is 0 Å². The first-order valence-corrected chi connectivity index (χ1v) is 5.72. The summed E-state index contributed by atoms with van der Waals surface area (Å²) in [5.74, 6) is -0.00135. The number of aromatic nitrogens is 1. The van der Waals surface area contributed by atoms with E-state index in [0.29, 0.717) is 0 Å². The monoisotopic (exact) mass is 316 g/mol. The van der Waals surface area contributed by atoms with Crippen molar-refractivity contribution in [1.82, 2.24) is 4.98 Å². The van der Waals surface area contributed by atoms with Gasteiger partial charge in [0.15, 0.2) is 0 Å². The third-order valence-corrected chi connectivity index (χ3v) is 2.67. The van der Waals surface area contributed by atoms with Gasteiger partial charge in [-0.3, -0.25) is 0 Å². The van der Waals surface area contributed by atoms with Gasteiger partial charge in [0.05, 0.1) is 5.56 Å². The Labute approximate surface area is 104 Å². The van der Waals surface area contributed by atoms with E-state index in [1.165, 1.54) is 6.20 Å². The molecule has 0 spiro atoms. The summed E-state index contributed by atoms with van der Waals surface area (Å²) in [5.41, 5.74) is -0.807. The van der Waals surface area contributed by atoms with Crippen LogP contribution in [-0.4, -0.2) is 16.9 Å². The molecule has 7 heteroatoms. The number of alkyl halides is 4. The van der Waals surface area contributed by atoms with Crippen LogP contribution in [0.5, 0.6) is 0 Å². The van der Waals surface area contributed by atoms with Crippen molar-refractivity contribution in [2.45, 2.75) is 19.1 Å². The Morgan fingerprint density at radius 2 is 2.19 bits per heavy atom. The number of hydrogen-bond acceptors (Lipinski definition) is 2. The molecule has 0 saturated carbocycles. The van der Waals surface area contributed by atoms with Crippen LogP contribution < -0.4 is 5.32 Å². The van der Waals surface area contributed by atoms with Crippen LogP contribution in [-0.2, 0) is 6.18 Å². The number of nitrogens with zero attached hydrogens (tertiary/aromatic N) is 1. The van der Waals surface area contributed by atoms with Gasteiger partial charge in [-0.1, -0.05) is 0 Å². The van der Waals surface area contributed by atoms with Crippen molar-refractivity contribution < 1.29 is 13.2 Å². The van der Waals surface area contributed by atoms with Gasteiger partial charge in [0, 0.05) is 22.6 Å². The molecule has 0 aliphatic heterocycles. The highest BCUT2D eigenvalue weighted by molar-refractivity contribution is 9.10. The lowest BCUT2D eigenvalue weighted by molar-refractivity contribution is -0.137. The van der Waals surface area contributed by atoms with E-state index in [4.69, 9.17) is 11.6 Å². The fraction of sp³-hybridized carbons (Fsp3) is 0.444. The van der Waals surface area contributed by atoms with Crippen molar-refractivity contribution in [3.05, 3.63) is 22.3 Å². The van der Waals surface area contributed by atoms with Gasteiger partial charge in [0.25, 0.3) is 0 Å². The van der Waals surface area contributed by atoms with Crippen molar-refractivity contribution in [3.8, 4) is 0 Å². The fourth-order valence-corrected chi connectivity index (χ4v) is 1.45. The Kier molecular flexibility index (Phi) is 4.43. The van der Waals surface area contributed by atoms with Crippen LogP contribution in [0.4, 0.5) is 19.0 Å². The molecule has 1 rings (SSSR count). The summed E-state index contributed by atoms with van der Waals surface area (Å²) >= 11 is 8.47. The molecule has 1 N–H and O–H groups in total. The number of anilines is 1. The quantitative estimate of drug-likeness (QED) is 0.855. The molecule has 0 bridgehead atoms. The lowest BCUT2D eigenvalue weighted by atomic mass is 10.2. The molecule has 0 radical (unpaired) electrons. The predicted octanol–water partition coefficient (Wildman–Crippen LogP) is 3.90. The largest absolute Gasteiger partial charge is 0.419 e. The second-order valence-corrected chi connectivity index (χ2v) is 4.47. The van der Waals surface area contributed by atoms with E-state index in [9.17, 15) is 13.2 Å². The molecule has 1 aromatic rings. The summed E-state index contributed by atoms with van der Waals surface area (Å²) in [6.07, 6.45) is -3.14. The smallest absolute Gasteiger partial charge is 0.366 e. The molecule has 0 aliphatic rings. The van der Waals surface area contributed by atoms with Gasteiger partial charge in [-0.15, -0.1) is 11.6 Å². The van der Waals surface area contributed by atoms with Crippen LogP contribution in [0, 0.1) is 0 Å². The Morgan fingerprint density at radius 1 is 1.56 bits per heavy atom. The second kappa shape index (κ2) is 5.23. The summed E-state index contributed by atoms with van der Waals surface area (Å²) in [7, 11) is 0. The number of hydrogen-bond donors (Lipinski definition) is 1. The molecule has 0 saturated heterocycles. The Morgan fingerprint density at radius 3 is 2.69 bits per heavy atom. The minimum atomic E-state index is -4.44. The predicted molar refractivity (Wildman–Crippen MR) is 60.7 cm³/mol. The molecule has 0 amide bonds. The van der Waals surface area contributed by atoms with Gasteiger partial charge in [-0.25, -0.2) is 4.98 Å². The van der Waals surface area contributed by atoms with Gasteiger partial charge in [0.1, 0.15) is 5.82 Å². The number of pyridine rings is 1. The van der Waals surface area contributed by atoms with Crippen LogP contribution in [0.3, 0.4) is 0 Å². The summed E-state index contributed by atoms with van der Waals surface area (Å²) in [6.45, 7) is 1.68. The van der Waals surface area contributed by atoms with Crippen LogP contribution in [0.15, 0.2) is 16.7 Å². The van der Waals surface area contributed by atoms with Crippen molar-refractivity contribution in [1.29, 1.82) is 0 Å². The normalized spacial score (nSPS) is 13.6. The third-order valence-electron chi connectivity index (χ3n) is 1.77. The maximum atomic E-state index is 12.6. The fourth-order valence-electron chi connectivity index (χ4n) is 1.04. The first-order valence-electron chi connectivity index (χ1n) is 4.40. The van der Waals surface area contributed by atoms with Gasteiger partial charge in [-0.05, 0) is 28.9 Å². The molecule has 16 heavy (non-hydrogen) atoms. The molecule has 0 fully saturated rings. The van der Waals surface area contributed by atoms with Crippen LogP contribution in [0.1, 0.15) is 12.5 Å². The molecule has 0 aromatic carbocycles. The van der Waals surface area contributed by atoms with Crippen LogP contribution in [0.2, 0.25) is 0 Å². The van der Waals surface area contributed by atoms with Crippen LogP contribution >= 0.6 is 27.5 Å². The third kappa shape index (κ3) is 3.52. The van der Waals surface area contributed by atoms with Gasteiger partial charge in [0.2, 0.25) is 0 Å². The first-order chi connectivity index (χ1) is 7.34. The van der Waals surface area contributed by atoms with Gasteiger partial charge < -0.3 is 5.32 Å². The summed E-state index contributed by atoms with van der Waals surface area (Å²) in [5, 5.41) is 2.61. The Balaban J connectivity index is 3.08. The Hall–Kier alpha value is -0.490. The van der Waals surface area contributed by atoms with E-state index in [-0.39, 0.29) is 22.2 Å². The lowest BCUT2D eigenvalue weighted by Crippen LogP contribution is -2.21. The molecule has 90 valence electrons. The standard InChI is InChI=1S/C9H9BrClF3N2/c1-5(3-11)16-8-7(9(12,13)14)2-6(10)4-15-8/h2,4-5H,3H2,1H3,(H,15,16). The minimum absolute atomic E-state index is 0.203. The van der Waals surface area contributed by atoms with E-state index in [2.05, 4.69) is 26.2 Å². The number of nitrogens with one attached hydrogen (secondary N) is 1. The molecular formula is C9H9BrClF3N2. The average molecular weight is 318 g/mol. The number of rotatable bonds is 3. The van der Waals surface area contributed by atoms with Gasteiger partial charge in [-0.2, -0.15) is 13.2 Å². The molecule has 1 heterocycles. The molecule has 1 unspecified atom stereocenters. The highest BCUT2D eigenvalue weighted by Gasteiger charge is 2.34. The zero-order valence-corrected chi connectivity index (χ0v) is 10.6. The average Bonchev–Trinajstić information content (AvgIpc) is 2.19. The van der Waals surface area contributed by atoms with E-state index < -0.39 is 11.7 Å². The summed E-state index contributed by atoms with van der Waals surface area (Å²) in [6, 6.07) is 0.701. The maximum absolute atomic E-state index is 12.6. The number of halogens is 5. The zero-order chi connectivity index (χ0) is 12.3. The van der Waals surface area contributed by atoms with E-state index in [1.807, 2.05) is 0 Å². The lowest BCUT2D eigenvalue weighted by Gasteiger charge is -2.16. The zero-order valence-electron chi connectivity index (χ0n) is 8.28. The first kappa shape index (κ1) is 13.6. The second-order valence-electron chi connectivity index (χ2n) is 3.25. The maximum Gasteiger partial charge on any atom is 0.419 e. The van der Waals surface area contributed by atoms with Crippen LogP contribution in [0.25, 0.3) is 0 Å².